The Morgan fingerprint density at radius 2 is 1.86 bits per heavy atom. The minimum Gasteiger partial charge on any atom is -0.497 e. The van der Waals surface area contributed by atoms with Gasteiger partial charge >= 0.3 is 0 Å². The van der Waals surface area contributed by atoms with Gasteiger partial charge in [0.1, 0.15) is 22.8 Å². The van der Waals surface area contributed by atoms with E-state index < -0.39 is 0 Å². The van der Waals surface area contributed by atoms with E-state index in [1.165, 1.54) is 11.3 Å². The lowest BCUT2D eigenvalue weighted by atomic mass is 9.98. The molecule has 0 aliphatic carbocycles. The van der Waals surface area contributed by atoms with Crippen LogP contribution < -0.4 is 19.5 Å². The molecule has 4 aromatic rings. The van der Waals surface area contributed by atoms with Gasteiger partial charge in [-0.15, -0.1) is 5.10 Å². The van der Waals surface area contributed by atoms with Crippen molar-refractivity contribution in [3.63, 3.8) is 0 Å². The molecular weight excluding hydrogens is 598 g/mol. The fraction of sp³-hybridized carbons (Fsp3) is 0.419. The number of hydrogen-bond donors (Lipinski definition) is 1. The average molecular weight is 637 g/mol. The molecule has 10 nitrogen and oxygen atoms in total. The number of methoxy groups -OCH3 is 3. The molecule has 0 saturated heterocycles. The van der Waals surface area contributed by atoms with Crippen molar-refractivity contribution in [3.8, 4) is 17.2 Å². The summed E-state index contributed by atoms with van der Waals surface area (Å²) in [6.45, 7) is 7.21. The fourth-order valence-corrected chi connectivity index (χ4v) is 5.99. The molecule has 1 unspecified atom stereocenters. The number of fused-ring (bicyclic) bond motifs is 3. The normalized spacial score (nSPS) is 16.7. The van der Waals surface area contributed by atoms with E-state index in [1.807, 2.05) is 56.5 Å². The number of alkyl halides is 1. The second-order valence-corrected chi connectivity index (χ2v) is 11.0. The van der Waals surface area contributed by atoms with E-state index in [9.17, 15) is 0 Å². The molecular formula is C31H38BrN7O3. The van der Waals surface area contributed by atoms with Gasteiger partial charge in [0.15, 0.2) is 11.5 Å². The molecule has 11 heteroatoms. The van der Waals surface area contributed by atoms with Crippen LogP contribution in [0.1, 0.15) is 38.1 Å². The average Bonchev–Trinajstić information content (AvgIpc) is 3.48. The van der Waals surface area contributed by atoms with Crippen molar-refractivity contribution in [3.05, 3.63) is 59.1 Å². The minimum atomic E-state index is 0.420. The van der Waals surface area contributed by atoms with Crippen LogP contribution >= 0.6 is 15.9 Å². The van der Waals surface area contributed by atoms with Crippen molar-refractivity contribution < 1.29 is 14.2 Å². The zero-order valence-electron chi connectivity index (χ0n) is 24.9. The molecule has 2 aromatic carbocycles. The lowest BCUT2D eigenvalue weighted by Crippen LogP contribution is -2.35. The number of anilines is 1. The zero-order chi connectivity index (χ0) is 29.6. The van der Waals surface area contributed by atoms with Crippen molar-refractivity contribution >= 4 is 44.6 Å². The summed E-state index contributed by atoms with van der Waals surface area (Å²) in [4.78, 5) is 17.4. The highest BCUT2D eigenvalue weighted by Crippen LogP contribution is 2.31. The van der Waals surface area contributed by atoms with Gasteiger partial charge in [-0.3, -0.25) is 9.89 Å². The summed E-state index contributed by atoms with van der Waals surface area (Å²) in [5.74, 6) is 3.50. The summed E-state index contributed by atoms with van der Waals surface area (Å²) in [7, 11) is 4.94. The molecule has 0 bridgehead atoms. The smallest absolute Gasteiger partial charge is 0.226 e. The van der Waals surface area contributed by atoms with E-state index in [0.29, 0.717) is 23.1 Å². The predicted octanol–water partition coefficient (Wildman–Crippen LogP) is 5.68. The SMILES string of the molecule is CC.COc1ccc(CNc2nc3c(OC)cccc3c3nc(CCN4CCC5=C(C4)N=CCC5Br)nn23)c(OC)c1. The van der Waals surface area contributed by atoms with Gasteiger partial charge in [-0.2, -0.15) is 4.52 Å². The summed E-state index contributed by atoms with van der Waals surface area (Å²) in [5.41, 5.74) is 5.08. The quantitative estimate of drug-likeness (QED) is 0.235. The third kappa shape index (κ3) is 6.07. The molecule has 6 rings (SSSR count). The summed E-state index contributed by atoms with van der Waals surface area (Å²) in [6.07, 6.45) is 4.76. The van der Waals surface area contributed by atoms with Gasteiger partial charge in [0.05, 0.1) is 27.0 Å². The Bertz CT molecular complexity index is 1620. The predicted molar refractivity (Wildman–Crippen MR) is 171 cm³/mol. The van der Waals surface area contributed by atoms with Crippen LogP contribution in [0.2, 0.25) is 0 Å². The van der Waals surface area contributed by atoms with Crippen LogP contribution in [-0.4, -0.2) is 76.5 Å². The highest BCUT2D eigenvalue weighted by molar-refractivity contribution is 9.09. The lowest BCUT2D eigenvalue weighted by molar-refractivity contribution is 0.284. The van der Waals surface area contributed by atoms with Crippen LogP contribution in [-0.2, 0) is 13.0 Å². The van der Waals surface area contributed by atoms with Crippen LogP contribution in [0.25, 0.3) is 16.6 Å². The summed E-state index contributed by atoms with van der Waals surface area (Å²) >= 11 is 3.80. The molecule has 0 saturated carbocycles. The molecule has 0 spiro atoms. The Labute approximate surface area is 254 Å². The lowest BCUT2D eigenvalue weighted by Gasteiger charge is -2.32. The number of aromatic nitrogens is 4. The molecule has 2 aromatic heterocycles. The first-order chi connectivity index (χ1) is 20.6. The van der Waals surface area contributed by atoms with Crippen molar-refractivity contribution in [2.75, 3.05) is 46.3 Å². The topological polar surface area (TPSA) is 98.4 Å². The van der Waals surface area contributed by atoms with Gasteiger partial charge in [-0.25, -0.2) is 9.97 Å². The maximum Gasteiger partial charge on any atom is 0.226 e. The molecule has 1 N–H and O–H groups in total. The second kappa shape index (κ2) is 13.5. The maximum atomic E-state index is 5.63. The van der Waals surface area contributed by atoms with Gasteiger partial charge < -0.3 is 19.5 Å². The molecule has 0 radical (unpaired) electrons. The third-order valence-electron chi connectivity index (χ3n) is 7.49. The fourth-order valence-electron chi connectivity index (χ4n) is 5.33. The molecule has 0 amide bonds. The van der Waals surface area contributed by atoms with E-state index in [1.54, 1.807) is 25.8 Å². The van der Waals surface area contributed by atoms with E-state index >= 15 is 0 Å². The zero-order valence-corrected chi connectivity index (χ0v) is 26.4. The second-order valence-electron chi connectivity index (χ2n) is 9.85. The van der Waals surface area contributed by atoms with Crippen molar-refractivity contribution in [2.45, 2.75) is 44.5 Å². The van der Waals surface area contributed by atoms with Gasteiger partial charge in [-0.05, 0) is 42.7 Å². The van der Waals surface area contributed by atoms with Gasteiger partial charge in [0, 0.05) is 60.7 Å². The molecule has 0 fully saturated rings. The van der Waals surface area contributed by atoms with Crippen LogP contribution in [0, 0.1) is 0 Å². The molecule has 42 heavy (non-hydrogen) atoms. The number of halogens is 1. The number of ether oxygens (including phenoxy) is 3. The molecule has 2 aliphatic rings. The van der Waals surface area contributed by atoms with Crippen LogP contribution in [0.5, 0.6) is 17.2 Å². The van der Waals surface area contributed by atoms with Crippen molar-refractivity contribution in [2.24, 2.45) is 4.99 Å². The number of benzene rings is 2. The number of hydrogen-bond acceptors (Lipinski definition) is 9. The van der Waals surface area contributed by atoms with Crippen LogP contribution in [0.15, 0.2) is 52.7 Å². The van der Waals surface area contributed by atoms with Crippen molar-refractivity contribution in [1.82, 2.24) is 24.5 Å². The van der Waals surface area contributed by atoms with Crippen LogP contribution in [0.3, 0.4) is 0 Å². The van der Waals surface area contributed by atoms with Gasteiger partial charge in [0.25, 0.3) is 0 Å². The van der Waals surface area contributed by atoms with Crippen LogP contribution in [0.4, 0.5) is 5.95 Å². The minimum absolute atomic E-state index is 0.420. The first-order valence-electron chi connectivity index (χ1n) is 14.4. The Kier molecular flexibility index (Phi) is 9.58. The molecule has 1 atom stereocenters. The summed E-state index contributed by atoms with van der Waals surface area (Å²) in [5, 5.41) is 9.23. The van der Waals surface area contributed by atoms with E-state index in [-0.39, 0.29) is 0 Å². The molecule has 4 heterocycles. The summed E-state index contributed by atoms with van der Waals surface area (Å²) in [6, 6.07) is 11.6. The number of aliphatic imine (C=N–C) groups is 1. The molecule has 2 aliphatic heterocycles. The highest BCUT2D eigenvalue weighted by Gasteiger charge is 2.25. The maximum absolute atomic E-state index is 5.63. The number of rotatable bonds is 9. The van der Waals surface area contributed by atoms with Gasteiger partial charge in [0.2, 0.25) is 5.95 Å². The first kappa shape index (κ1) is 29.8. The first-order valence-corrected chi connectivity index (χ1v) is 15.3. The number of para-hydroxylation sites is 1. The monoisotopic (exact) mass is 635 g/mol. The summed E-state index contributed by atoms with van der Waals surface area (Å²) < 4.78 is 18.4. The van der Waals surface area contributed by atoms with E-state index in [0.717, 1.165) is 78.3 Å². The number of nitrogens with one attached hydrogen (secondary N) is 1. The highest BCUT2D eigenvalue weighted by atomic mass is 79.9. The largest absolute Gasteiger partial charge is 0.497 e. The standard InChI is InChI=1S/C29H32BrN7O3.C2H6/c1-38-19-8-7-18(25(15-19)40-3)16-32-29-34-27-21(5-4-6-24(27)39-2)28-33-26(35-37(28)29)11-14-36-13-10-20-22(30)9-12-31-23(20)17-36;1-2/h4-8,12,15,22H,9-11,13-14,16-17H2,1-3H3,(H,32,34);1-2H3. The van der Waals surface area contributed by atoms with Crippen molar-refractivity contribution in [1.29, 1.82) is 0 Å². The van der Waals surface area contributed by atoms with Gasteiger partial charge in [-0.1, -0.05) is 35.8 Å². The Morgan fingerprint density at radius 3 is 2.64 bits per heavy atom. The number of nitrogens with zero attached hydrogens (tertiary/aromatic N) is 6. The Balaban J connectivity index is 0.00000173. The third-order valence-corrected chi connectivity index (χ3v) is 8.42. The van der Waals surface area contributed by atoms with E-state index in [4.69, 9.17) is 29.3 Å². The van der Waals surface area contributed by atoms with E-state index in [2.05, 4.69) is 31.1 Å². The molecule has 222 valence electrons. The Morgan fingerprint density at radius 1 is 1.02 bits per heavy atom. The Hall–Kier alpha value is -3.70.